The Morgan fingerprint density at radius 2 is 2.29 bits per heavy atom. The predicted octanol–water partition coefficient (Wildman–Crippen LogP) is 2.01. The molecule has 2 rings (SSSR count). The molecule has 1 aromatic heterocycles. The van der Waals surface area contributed by atoms with E-state index in [2.05, 4.69) is 20.0 Å². The number of hydrogen-bond donors (Lipinski definition) is 1. The van der Waals surface area contributed by atoms with Crippen LogP contribution in [-0.2, 0) is 4.74 Å². The summed E-state index contributed by atoms with van der Waals surface area (Å²) in [5.41, 5.74) is 0.302. The van der Waals surface area contributed by atoms with Gasteiger partial charge >= 0.3 is 5.97 Å². The Morgan fingerprint density at radius 1 is 1.59 bits per heavy atom. The Bertz CT molecular complexity index is 431. The number of carbonyl (C=O) groups is 1. The van der Waals surface area contributed by atoms with Gasteiger partial charge in [-0.25, -0.2) is 14.8 Å². The maximum absolute atomic E-state index is 11.5. The summed E-state index contributed by atoms with van der Waals surface area (Å²) in [5, 5.41) is 3.10. The average molecular weight is 276 g/mol. The van der Waals surface area contributed by atoms with Gasteiger partial charge < -0.3 is 10.1 Å². The zero-order valence-electron chi connectivity index (χ0n) is 9.11. The van der Waals surface area contributed by atoms with Crippen LogP contribution in [0.3, 0.4) is 0 Å². The van der Waals surface area contributed by atoms with Gasteiger partial charge in [0.15, 0.2) is 0 Å². The Kier molecular flexibility index (Phi) is 3.40. The molecule has 1 N–H and O–H groups in total. The van der Waals surface area contributed by atoms with E-state index < -0.39 is 10.3 Å². The molecule has 92 valence electrons. The summed E-state index contributed by atoms with van der Waals surface area (Å²) in [5.74, 6) is -0.0314. The quantitative estimate of drug-likeness (QED) is 0.675. The number of nitrogens with one attached hydrogen (secondary N) is 1. The first kappa shape index (κ1) is 12.4. The highest BCUT2D eigenvalue weighted by atomic mass is 35.5. The molecule has 0 aromatic carbocycles. The van der Waals surface area contributed by atoms with E-state index in [1.165, 1.54) is 19.6 Å². The van der Waals surface area contributed by atoms with Crippen molar-refractivity contribution in [2.75, 3.05) is 12.4 Å². The third-order valence-electron chi connectivity index (χ3n) is 2.55. The zero-order valence-corrected chi connectivity index (χ0v) is 10.6. The summed E-state index contributed by atoms with van der Waals surface area (Å²) in [6.45, 7) is 0. The van der Waals surface area contributed by atoms with Crippen LogP contribution in [0.25, 0.3) is 0 Å². The number of rotatable bonds is 3. The molecule has 0 aliphatic heterocycles. The van der Waals surface area contributed by atoms with E-state index in [-0.39, 0.29) is 6.04 Å². The average Bonchev–Trinajstić information content (AvgIpc) is 2.26. The topological polar surface area (TPSA) is 64.1 Å². The first-order valence-electron chi connectivity index (χ1n) is 5.04. The van der Waals surface area contributed by atoms with Crippen LogP contribution in [0.2, 0.25) is 0 Å². The maximum Gasteiger partial charge on any atom is 0.343 e. The number of methoxy groups -OCH3 is 1. The molecule has 1 saturated carbocycles. The Hall–Kier alpha value is -1.07. The fraction of sp³-hybridized carbons (Fsp3) is 0.500. The normalized spacial score (nSPS) is 18.3. The fourth-order valence-corrected chi connectivity index (χ4v) is 2.41. The van der Waals surface area contributed by atoms with Gasteiger partial charge in [-0.05, 0) is 0 Å². The molecular formula is C10H11Cl2N3O2. The summed E-state index contributed by atoms with van der Waals surface area (Å²) in [6, 6.07) is 0.114. The van der Waals surface area contributed by atoms with Crippen molar-refractivity contribution < 1.29 is 9.53 Å². The van der Waals surface area contributed by atoms with Crippen molar-refractivity contribution >= 4 is 35.0 Å². The molecule has 17 heavy (non-hydrogen) atoms. The van der Waals surface area contributed by atoms with Crippen LogP contribution in [0.4, 0.5) is 5.82 Å². The lowest BCUT2D eigenvalue weighted by Gasteiger charge is -2.38. The van der Waals surface area contributed by atoms with Crippen LogP contribution in [-0.4, -0.2) is 33.4 Å². The Morgan fingerprint density at radius 3 is 2.88 bits per heavy atom. The molecule has 7 heteroatoms. The van der Waals surface area contributed by atoms with Crippen LogP contribution in [0.1, 0.15) is 23.2 Å². The summed E-state index contributed by atoms with van der Waals surface area (Å²) in [4.78, 5) is 19.3. The zero-order chi connectivity index (χ0) is 12.5. The SMILES string of the molecule is COC(=O)c1cncnc1NC1CC(Cl)(Cl)C1. The monoisotopic (exact) mass is 275 g/mol. The highest BCUT2D eigenvalue weighted by Gasteiger charge is 2.41. The second-order valence-electron chi connectivity index (χ2n) is 3.88. The van der Waals surface area contributed by atoms with E-state index in [9.17, 15) is 4.79 Å². The van der Waals surface area contributed by atoms with E-state index in [1.807, 2.05) is 0 Å². The number of hydrogen-bond acceptors (Lipinski definition) is 5. The third kappa shape index (κ3) is 2.79. The van der Waals surface area contributed by atoms with Gasteiger partial charge in [-0.3, -0.25) is 0 Å². The van der Waals surface area contributed by atoms with Crippen LogP contribution in [0.5, 0.6) is 0 Å². The van der Waals surface area contributed by atoms with Gasteiger partial charge in [0.25, 0.3) is 0 Å². The van der Waals surface area contributed by atoms with E-state index in [0.29, 0.717) is 24.2 Å². The standard InChI is InChI=1S/C10H11Cl2N3O2/c1-17-9(16)7-4-13-5-14-8(7)15-6-2-10(11,12)3-6/h4-6H,2-3H2,1H3,(H,13,14,15). The van der Waals surface area contributed by atoms with Crippen molar-refractivity contribution in [2.24, 2.45) is 0 Å². The minimum Gasteiger partial charge on any atom is -0.465 e. The van der Waals surface area contributed by atoms with Crippen LogP contribution in [0.15, 0.2) is 12.5 Å². The highest BCUT2D eigenvalue weighted by Crippen LogP contribution is 2.43. The van der Waals surface area contributed by atoms with E-state index >= 15 is 0 Å². The molecule has 0 spiro atoms. The predicted molar refractivity (Wildman–Crippen MR) is 64.5 cm³/mol. The molecule has 1 aliphatic rings. The number of ether oxygens (including phenoxy) is 1. The lowest BCUT2D eigenvalue weighted by molar-refractivity contribution is 0.0601. The fourth-order valence-electron chi connectivity index (χ4n) is 1.66. The van der Waals surface area contributed by atoms with E-state index in [4.69, 9.17) is 23.2 Å². The van der Waals surface area contributed by atoms with Crippen molar-refractivity contribution in [2.45, 2.75) is 23.2 Å². The second-order valence-corrected chi connectivity index (χ2v) is 5.52. The van der Waals surface area contributed by atoms with Crippen molar-refractivity contribution in [3.63, 3.8) is 0 Å². The molecule has 1 aromatic rings. The van der Waals surface area contributed by atoms with Crippen LogP contribution < -0.4 is 5.32 Å². The number of anilines is 1. The highest BCUT2D eigenvalue weighted by molar-refractivity contribution is 6.49. The maximum atomic E-state index is 11.5. The van der Waals surface area contributed by atoms with Gasteiger partial charge in [-0.1, -0.05) is 0 Å². The molecule has 0 atom stereocenters. The van der Waals surface area contributed by atoms with Gasteiger partial charge in [0.05, 0.1) is 7.11 Å². The Labute approximate surface area is 108 Å². The van der Waals surface area contributed by atoms with E-state index in [0.717, 1.165) is 0 Å². The molecule has 5 nitrogen and oxygen atoms in total. The summed E-state index contributed by atoms with van der Waals surface area (Å²) >= 11 is 11.8. The van der Waals surface area contributed by atoms with Gasteiger partial charge in [-0.2, -0.15) is 0 Å². The number of esters is 1. The van der Waals surface area contributed by atoms with E-state index in [1.54, 1.807) is 0 Å². The van der Waals surface area contributed by atoms with Crippen molar-refractivity contribution in [1.82, 2.24) is 9.97 Å². The molecule has 0 saturated heterocycles. The molecular weight excluding hydrogens is 265 g/mol. The summed E-state index contributed by atoms with van der Waals surface area (Å²) in [6.07, 6.45) is 4.00. The van der Waals surface area contributed by atoms with Crippen molar-refractivity contribution in [1.29, 1.82) is 0 Å². The third-order valence-corrected chi connectivity index (χ3v) is 3.17. The minimum atomic E-state index is -0.671. The second kappa shape index (κ2) is 4.66. The number of alkyl halides is 2. The molecule has 0 unspecified atom stereocenters. The number of aromatic nitrogens is 2. The molecule has 0 bridgehead atoms. The van der Waals surface area contributed by atoms with Crippen LogP contribution >= 0.6 is 23.2 Å². The molecule has 1 fully saturated rings. The minimum absolute atomic E-state index is 0.114. The van der Waals surface area contributed by atoms with Gasteiger partial charge in [-0.15, -0.1) is 23.2 Å². The number of halogens is 2. The lowest BCUT2D eigenvalue weighted by Crippen LogP contribution is -2.43. The first-order chi connectivity index (χ1) is 8.02. The van der Waals surface area contributed by atoms with Gasteiger partial charge in [0.1, 0.15) is 22.0 Å². The largest absolute Gasteiger partial charge is 0.465 e. The van der Waals surface area contributed by atoms with Crippen molar-refractivity contribution in [3.8, 4) is 0 Å². The lowest BCUT2D eigenvalue weighted by atomic mass is 9.91. The summed E-state index contributed by atoms with van der Waals surface area (Å²) < 4.78 is 3.97. The number of carbonyl (C=O) groups excluding carboxylic acids is 1. The summed E-state index contributed by atoms with van der Waals surface area (Å²) in [7, 11) is 1.31. The number of nitrogens with zero attached hydrogens (tertiary/aromatic N) is 2. The molecule has 1 aliphatic carbocycles. The smallest absolute Gasteiger partial charge is 0.343 e. The van der Waals surface area contributed by atoms with Crippen molar-refractivity contribution in [3.05, 3.63) is 18.1 Å². The molecule has 0 amide bonds. The van der Waals surface area contributed by atoms with Gasteiger partial charge in [0.2, 0.25) is 0 Å². The van der Waals surface area contributed by atoms with Crippen LogP contribution in [0, 0.1) is 0 Å². The Balaban J connectivity index is 2.08. The first-order valence-corrected chi connectivity index (χ1v) is 5.80. The van der Waals surface area contributed by atoms with Gasteiger partial charge in [0, 0.05) is 25.1 Å². The molecule has 0 radical (unpaired) electrons. The molecule has 1 heterocycles.